The molecule has 1 aromatic heterocycles. The molecule has 1 heterocycles. The molecule has 3 N–H and O–H groups in total. The van der Waals surface area contributed by atoms with Crippen LogP contribution in [-0.4, -0.2) is 21.7 Å². The fourth-order valence-corrected chi connectivity index (χ4v) is 3.72. The molecule has 3 aromatic rings. The number of H-pyrrole nitrogens is 1. The van der Waals surface area contributed by atoms with Gasteiger partial charge in [0.05, 0.1) is 11.2 Å². The maximum Gasteiger partial charge on any atom is 0.120 e. The highest BCUT2D eigenvalue weighted by molar-refractivity contribution is 5.96. The van der Waals surface area contributed by atoms with Crippen LogP contribution in [0.2, 0.25) is 0 Å². The monoisotopic (exact) mass is 358 g/mol. The Balaban J connectivity index is 1.79. The van der Waals surface area contributed by atoms with Crippen LogP contribution < -0.4 is 5.32 Å². The van der Waals surface area contributed by atoms with Crippen molar-refractivity contribution in [1.29, 1.82) is 0 Å². The molecule has 2 aromatic carbocycles. The molecule has 0 saturated heterocycles. The molecular weight excluding hydrogens is 332 g/mol. The van der Waals surface area contributed by atoms with E-state index in [1.807, 2.05) is 6.07 Å². The fourth-order valence-electron chi connectivity index (χ4n) is 3.72. The van der Waals surface area contributed by atoms with E-state index in [0.29, 0.717) is 6.04 Å². The summed E-state index contributed by atoms with van der Waals surface area (Å²) >= 11 is 0. The van der Waals surface area contributed by atoms with Crippen LogP contribution in [0.3, 0.4) is 0 Å². The van der Waals surface area contributed by atoms with Gasteiger partial charge in [0.2, 0.25) is 0 Å². The lowest BCUT2D eigenvalue weighted by Crippen LogP contribution is -2.15. The minimum atomic E-state index is -0.999. The Bertz CT molecular complexity index is 994. The number of anilines is 1. The Morgan fingerprint density at radius 1 is 1.07 bits per heavy atom. The van der Waals surface area contributed by atoms with E-state index in [4.69, 9.17) is 0 Å². The molecule has 3 heteroatoms. The first kappa shape index (κ1) is 17.7. The highest BCUT2D eigenvalue weighted by Crippen LogP contribution is 2.32. The Labute approximate surface area is 160 Å². The van der Waals surface area contributed by atoms with Crippen LogP contribution in [0, 0.1) is 11.8 Å². The normalized spacial score (nSPS) is 14.9. The second-order valence-corrected chi connectivity index (χ2v) is 7.97. The summed E-state index contributed by atoms with van der Waals surface area (Å²) < 4.78 is 0. The van der Waals surface area contributed by atoms with Crippen molar-refractivity contribution in [2.45, 2.75) is 51.2 Å². The summed E-state index contributed by atoms with van der Waals surface area (Å²) in [5.41, 5.74) is 4.42. The summed E-state index contributed by atoms with van der Waals surface area (Å²) in [6, 6.07) is 17.3. The summed E-state index contributed by atoms with van der Waals surface area (Å²) in [6.07, 6.45) is 5.01. The molecule has 0 atom stereocenters. The highest BCUT2D eigenvalue weighted by Gasteiger charge is 2.17. The molecule has 27 heavy (non-hydrogen) atoms. The standard InChI is InChI=1S/C24H26N2O/c1-24(2,27)13-12-17-14-19-16-21(18-8-4-3-5-9-18)26-23(19)22(15-17)25-20-10-6-7-11-20/h3-5,8-9,14-16,20,25-27H,6-7,10-11H2,1-2H3. The lowest BCUT2D eigenvalue weighted by molar-refractivity contribution is 0.143. The van der Waals surface area contributed by atoms with Gasteiger partial charge in [0.15, 0.2) is 0 Å². The van der Waals surface area contributed by atoms with Crippen LogP contribution in [0.1, 0.15) is 45.1 Å². The van der Waals surface area contributed by atoms with Crippen LogP contribution in [0.25, 0.3) is 22.2 Å². The van der Waals surface area contributed by atoms with Gasteiger partial charge in [-0.1, -0.05) is 55.0 Å². The fraction of sp³-hybridized carbons (Fsp3) is 0.333. The Morgan fingerprint density at radius 2 is 1.81 bits per heavy atom. The van der Waals surface area contributed by atoms with Crippen molar-refractivity contribution in [3.63, 3.8) is 0 Å². The third-order valence-corrected chi connectivity index (χ3v) is 5.04. The molecule has 138 valence electrons. The van der Waals surface area contributed by atoms with Gasteiger partial charge in [-0.2, -0.15) is 0 Å². The first-order chi connectivity index (χ1) is 13.0. The van der Waals surface area contributed by atoms with Gasteiger partial charge >= 0.3 is 0 Å². The van der Waals surface area contributed by atoms with Gasteiger partial charge in [-0.05, 0) is 50.5 Å². The quantitative estimate of drug-likeness (QED) is 0.556. The van der Waals surface area contributed by atoms with E-state index in [0.717, 1.165) is 27.8 Å². The number of aromatic nitrogens is 1. The largest absolute Gasteiger partial charge is 0.381 e. The number of hydrogen-bond donors (Lipinski definition) is 3. The first-order valence-corrected chi connectivity index (χ1v) is 9.72. The van der Waals surface area contributed by atoms with Crippen molar-refractivity contribution in [3.8, 4) is 23.1 Å². The molecule has 0 amide bonds. The van der Waals surface area contributed by atoms with E-state index in [1.165, 1.54) is 31.2 Å². The van der Waals surface area contributed by atoms with Gasteiger partial charge in [-0.3, -0.25) is 0 Å². The SMILES string of the molecule is CC(C)(O)C#Cc1cc(NC2CCCC2)c2[nH]c(-c3ccccc3)cc2c1. The number of aliphatic hydroxyl groups is 1. The van der Waals surface area contributed by atoms with Crippen molar-refractivity contribution in [2.24, 2.45) is 0 Å². The zero-order valence-electron chi connectivity index (χ0n) is 16.0. The number of rotatable bonds is 3. The van der Waals surface area contributed by atoms with Crippen molar-refractivity contribution in [3.05, 3.63) is 54.1 Å². The topological polar surface area (TPSA) is 48.0 Å². The zero-order valence-corrected chi connectivity index (χ0v) is 16.0. The molecular formula is C24H26N2O. The Morgan fingerprint density at radius 3 is 2.52 bits per heavy atom. The number of hydrogen-bond acceptors (Lipinski definition) is 2. The first-order valence-electron chi connectivity index (χ1n) is 9.72. The molecule has 0 unspecified atom stereocenters. The van der Waals surface area contributed by atoms with Crippen molar-refractivity contribution in [1.82, 2.24) is 4.98 Å². The van der Waals surface area contributed by atoms with Crippen LogP contribution in [-0.2, 0) is 0 Å². The maximum atomic E-state index is 9.95. The van der Waals surface area contributed by atoms with E-state index < -0.39 is 5.60 Å². The van der Waals surface area contributed by atoms with E-state index in [2.05, 4.69) is 64.6 Å². The Hall–Kier alpha value is -2.70. The average molecular weight is 358 g/mol. The molecule has 0 radical (unpaired) electrons. The molecule has 1 saturated carbocycles. The third-order valence-electron chi connectivity index (χ3n) is 5.04. The van der Waals surface area contributed by atoms with E-state index >= 15 is 0 Å². The second-order valence-electron chi connectivity index (χ2n) is 7.97. The predicted molar refractivity (Wildman–Crippen MR) is 113 cm³/mol. The molecule has 0 bridgehead atoms. The van der Waals surface area contributed by atoms with Gasteiger partial charge in [-0.15, -0.1) is 0 Å². The molecule has 3 nitrogen and oxygen atoms in total. The van der Waals surface area contributed by atoms with E-state index in [-0.39, 0.29) is 0 Å². The van der Waals surface area contributed by atoms with Crippen LogP contribution in [0.15, 0.2) is 48.5 Å². The van der Waals surface area contributed by atoms with Crippen molar-refractivity contribution < 1.29 is 5.11 Å². The van der Waals surface area contributed by atoms with Crippen LogP contribution >= 0.6 is 0 Å². The van der Waals surface area contributed by atoms with Gasteiger partial charge in [-0.25, -0.2) is 0 Å². The number of aromatic amines is 1. The molecule has 0 spiro atoms. The lowest BCUT2D eigenvalue weighted by Gasteiger charge is -2.15. The summed E-state index contributed by atoms with van der Waals surface area (Å²) in [5.74, 6) is 6.07. The van der Waals surface area contributed by atoms with Gasteiger partial charge in [0, 0.05) is 22.7 Å². The van der Waals surface area contributed by atoms with Crippen LogP contribution in [0.5, 0.6) is 0 Å². The number of fused-ring (bicyclic) bond motifs is 1. The Kier molecular flexibility index (Phi) is 4.68. The van der Waals surface area contributed by atoms with Crippen molar-refractivity contribution in [2.75, 3.05) is 5.32 Å². The maximum absolute atomic E-state index is 9.95. The van der Waals surface area contributed by atoms with E-state index in [9.17, 15) is 5.11 Å². The molecule has 4 rings (SSSR count). The second kappa shape index (κ2) is 7.13. The average Bonchev–Trinajstić information content (AvgIpc) is 3.30. The van der Waals surface area contributed by atoms with E-state index in [1.54, 1.807) is 13.8 Å². The summed E-state index contributed by atoms with van der Waals surface area (Å²) in [6.45, 7) is 3.42. The molecule has 1 fully saturated rings. The minimum Gasteiger partial charge on any atom is -0.381 e. The van der Waals surface area contributed by atoms with Gasteiger partial charge < -0.3 is 15.4 Å². The minimum absolute atomic E-state index is 0.522. The van der Waals surface area contributed by atoms with Crippen LogP contribution in [0.4, 0.5) is 5.69 Å². The number of nitrogens with one attached hydrogen (secondary N) is 2. The smallest absolute Gasteiger partial charge is 0.120 e. The summed E-state index contributed by atoms with van der Waals surface area (Å²) in [4.78, 5) is 3.59. The molecule has 0 aliphatic heterocycles. The summed E-state index contributed by atoms with van der Waals surface area (Å²) in [5, 5.41) is 14.8. The summed E-state index contributed by atoms with van der Waals surface area (Å²) in [7, 11) is 0. The lowest BCUT2D eigenvalue weighted by atomic mass is 10.1. The van der Waals surface area contributed by atoms with Gasteiger partial charge in [0.1, 0.15) is 5.60 Å². The molecule has 1 aliphatic rings. The molecule has 1 aliphatic carbocycles. The number of benzene rings is 2. The zero-order chi connectivity index (χ0) is 18.9. The van der Waals surface area contributed by atoms with Gasteiger partial charge in [0.25, 0.3) is 0 Å². The predicted octanol–water partition coefficient (Wildman–Crippen LogP) is 5.31. The van der Waals surface area contributed by atoms with Crippen molar-refractivity contribution >= 4 is 16.6 Å². The highest BCUT2D eigenvalue weighted by atomic mass is 16.3. The third kappa shape index (κ3) is 4.18.